The van der Waals surface area contributed by atoms with E-state index in [0.29, 0.717) is 5.15 Å². The first kappa shape index (κ1) is 7.82. The maximum absolute atomic E-state index is 5.53. The summed E-state index contributed by atoms with van der Waals surface area (Å²) in [4.78, 5) is 7.92. The number of hydrogen-bond acceptors (Lipinski definition) is 3. The maximum atomic E-state index is 5.53. The van der Waals surface area contributed by atoms with Crippen LogP contribution in [0.2, 0.25) is 5.15 Å². The lowest BCUT2D eigenvalue weighted by atomic mass is 10.8. The van der Waals surface area contributed by atoms with Crippen molar-refractivity contribution >= 4 is 23.4 Å². The Labute approximate surface area is 69.0 Å². The fourth-order valence-corrected chi connectivity index (χ4v) is 1.17. The van der Waals surface area contributed by atoms with Crippen molar-refractivity contribution in [1.82, 2.24) is 9.97 Å². The summed E-state index contributed by atoms with van der Waals surface area (Å²) in [5.41, 5.74) is 0. The minimum absolute atomic E-state index is 0.445. The van der Waals surface area contributed by atoms with Crippen LogP contribution in [0, 0.1) is 0 Å². The second-order valence-corrected chi connectivity index (χ2v) is 3.28. The van der Waals surface area contributed by atoms with E-state index in [4.69, 9.17) is 11.6 Å². The quantitative estimate of drug-likeness (QED) is 0.644. The van der Waals surface area contributed by atoms with Crippen molar-refractivity contribution in [2.45, 2.75) is 11.9 Å². The molecule has 0 amide bonds. The van der Waals surface area contributed by atoms with Crippen molar-refractivity contribution in [2.75, 3.05) is 5.75 Å². The molecule has 0 saturated carbocycles. The zero-order chi connectivity index (χ0) is 7.40. The van der Waals surface area contributed by atoms with Gasteiger partial charge in [0.2, 0.25) is 0 Å². The molecule has 0 N–H and O–H groups in total. The highest BCUT2D eigenvalue weighted by atomic mass is 35.5. The Morgan fingerprint density at radius 2 is 2.30 bits per heavy atom. The molecule has 0 spiro atoms. The molecule has 1 aromatic rings. The Balaban J connectivity index is 2.69. The van der Waals surface area contributed by atoms with E-state index < -0.39 is 0 Å². The number of aromatic nitrogens is 2. The third-order valence-electron chi connectivity index (χ3n) is 0.889. The molecule has 1 aromatic heterocycles. The minimum Gasteiger partial charge on any atom is -0.245 e. The van der Waals surface area contributed by atoms with Crippen LogP contribution in [0.3, 0.4) is 0 Å². The zero-order valence-corrected chi connectivity index (χ0v) is 7.11. The van der Waals surface area contributed by atoms with E-state index in [2.05, 4.69) is 16.9 Å². The van der Waals surface area contributed by atoms with Crippen molar-refractivity contribution in [1.29, 1.82) is 0 Å². The van der Waals surface area contributed by atoms with Crippen molar-refractivity contribution < 1.29 is 0 Å². The molecule has 0 radical (unpaired) electrons. The van der Waals surface area contributed by atoms with Gasteiger partial charge in [-0.3, -0.25) is 0 Å². The molecule has 1 heterocycles. The van der Waals surface area contributed by atoms with E-state index >= 15 is 0 Å². The SMILES string of the molecule is CCSc1cnc(Cl)cn1. The molecular weight excluding hydrogens is 168 g/mol. The summed E-state index contributed by atoms with van der Waals surface area (Å²) in [5, 5.41) is 1.37. The first-order chi connectivity index (χ1) is 4.83. The fourth-order valence-electron chi connectivity index (χ4n) is 0.523. The summed E-state index contributed by atoms with van der Waals surface area (Å²) in [6.45, 7) is 2.07. The van der Waals surface area contributed by atoms with Crippen LogP contribution in [0.4, 0.5) is 0 Å². The van der Waals surface area contributed by atoms with E-state index in [1.54, 1.807) is 24.2 Å². The largest absolute Gasteiger partial charge is 0.245 e. The fraction of sp³-hybridized carbons (Fsp3) is 0.333. The first-order valence-corrected chi connectivity index (χ1v) is 4.29. The first-order valence-electron chi connectivity index (χ1n) is 2.93. The van der Waals surface area contributed by atoms with Crippen molar-refractivity contribution in [3.05, 3.63) is 17.5 Å². The van der Waals surface area contributed by atoms with Gasteiger partial charge in [-0.25, -0.2) is 9.97 Å². The van der Waals surface area contributed by atoms with E-state index in [0.717, 1.165) is 10.8 Å². The van der Waals surface area contributed by atoms with Crippen LogP contribution in [-0.4, -0.2) is 15.7 Å². The van der Waals surface area contributed by atoms with Crippen molar-refractivity contribution in [3.63, 3.8) is 0 Å². The van der Waals surface area contributed by atoms with Crippen LogP contribution in [0.5, 0.6) is 0 Å². The Morgan fingerprint density at radius 3 is 2.80 bits per heavy atom. The Hall–Kier alpha value is -0.280. The Kier molecular flexibility index (Phi) is 2.96. The number of hydrogen-bond donors (Lipinski definition) is 0. The minimum atomic E-state index is 0.445. The predicted molar refractivity (Wildman–Crippen MR) is 43.4 cm³/mol. The lowest BCUT2D eigenvalue weighted by Crippen LogP contribution is -1.82. The van der Waals surface area contributed by atoms with Crippen LogP contribution in [0.25, 0.3) is 0 Å². The van der Waals surface area contributed by atoms with Gasteiger partial charge in [0.25, 0.3) is 0 Å². The van der Waals surface area contributed by atoms with E-state index in [1.807, 2.05) is 0 Å². The number of rotatable bonds is 2. The third-order valence-corrected chi connectivity index (χ3v) is 1.88. The third kappa shape index (κ3) is 2.15. The summed E-state index contributed by atoms with van der Waals surface area (Å²) in [7, 11) is 0. The highest BCUT2D eigenvalue weighted by Crippen LogP contribution is 2.13. The summed E-state index contributed by atoms with van der Waals surface area (Å²) < 4.78 is 0. The lowest BCUT2D eigenvalue weighted by Gasteiger charge is -1.93. The molecule has 0 aromatic carbocycles. The average Bonchev–Trinajstić information content (AvgIpc) is 1.95. The summed E-state index contributed by atoms with van der Waals surface area (Å²) >= 11 is 7.18. The normalized spacial score (nSPS) is 9.80. The topological polar surface area (TPSA) is 25.8 Å². The Bertz CT molecular complexity index is 199. The summed E-state index contributed by atoms with van der Waals surface area (Å²) in [6.07, 6.45) is 3.23. The molecule has 0 unspecified atom stereocenters. The van der Waals surface area contributed by atoms with Gasteiger partial charge in [-0.2, -0.15) is 0 Å². The molecule has 54 valence electrons. The van der Waals surface area contributed by atoms with E-state index in [9.17, 15) is 0 Å². The van der Waals surface area contributed by atoms with Gasteiger partial charge in [0.1, 0.15) is 10.2 Å². The van der Waals surface area contributed by atoms with Gasteiger partial charge in [0.05, 0.1) is 12.4 Å². The molecule has 0 aliphatic carbocycles. The lowest BCUT2D eigenvalue weighted by molar-refractivity contribution is 1.06. The Morgan fingerprint density at radius 1 is 1.50 bits per heavy atom. The van der Waals surface area contributed by atoms with Gasteiger partial charge in [0.15, 0.2) is 0 Å². The monoisotopic (exact) mass is 174 g/mol. The van der Waals surface area contributed by atoms with Gasteiger partial charge >= 0.3 is 0 Å². The van der Waals surface area contributed by atoms with E-state index in [-0.39, 0.29) is 0 Å². The average molecular weight is 175 g/mol. The van der Waals surface area contributed by atoms with Crippen LogP contribution >= 0.6 is 23.4 Å². The molecule has 0 aliphatic rings. The van der Waals surface area contributed by atoms with Gasteiger partial charge < -0.3 is 0 Å². The van der Waals surface area contributed by atoms with Crippen LogP contribution in [0.1, 0.15) is 6.92 Å². The van der Waals surface area contributed by atoms with Crippen molar-refractivity contribution in [3.8, 4) is 0 Å². The van der Waals surface area contributed by atoms with Crippen LogP contribution < -0.4 is 0 Å². The maximum Gasteiger partial charge on any atom is 0.147 e. The van der Waals surface area contributed by atoms with Crippen LogP contribution in [0.15, 0.2) is 17.4 Å². The van der Waals surface area contributed by atoms with Crippen LogP contribution in [-0.2, 0) is 0 Å². The molecule has 2 nitrogen and oxygen atoms in total. The molecule has 4 heteroatoms. The second-order valence-electron chi connectivity index (χ2n) is 1.61. The van der Waals surface area contributed by atoms with Crippen molar-refractivity contribution in [2.24, 2.45) is 0 Å². The van der Waals surface area contributed by atoms with E-state index in [1.165, 1.54) is 0 Å². The highest BCUT2D eigenvalue weighted by molar-refractivity contribution is 7.99. The highest BCUT2D eigenvalue weighted by Gasteiger charge is 1.92. The predicted octanol–water partition coefficient (Wildman–Crippen LogP) is 2.24. The van der Waals surface area contributed by atoms with Gasteiger partial charge in [-0.15, -0.1) is 11.8 Å². The molecular formula is C6H7ClN2S. The molecule has 0 saturated heterocycles. The van der Waals surface area contributed by atoms with Gasteiger partial charge in [-0.1, -0.05) is 18.5 Å². The molecule has 1 rings (SSSR count). The molecule has 0 atom stereocenters. The molecule has 10 heavy (non-hydrogen) atoms. The number of halogens is 1. The number of thioether (sulfide) groups is 1. The number of nitrogens with zero attached hydrogens (tertiary/aromatic N) is 2. The smallest absolute Gasteiger partial charge is 0.147 e. The van der Waals surface area contributed by atoms with Gasteiger partial charge in [-0.05, 0) is 5.75 Å². The molecule has 0 aliphatic heterocycles. The molecule has 0 bridgehead atoms. The van der Waals surface area contributed by atoms with Gasteiger partial charge in [0, 0.05) is 0 Å². The standard InChI is InChI=1S/C6H7ClN2S/c1-2-10-6-4-8-5(7)3-9-6/h3-4H,2H2,1H3. The zero-order valence-electron chi connectivity index (χ0n) is 5.54. The summed E-state index contributed by atoms with van der Waals surface area (Å²) in [6, 6.07) is 0. The second kappa shape index (κ2) is 3.78. The summed E-state index contributed by atoms with van der Waals surface area (Å²) in [5.74, 6) is 1.01. The molecule has 0 fully saturated rings.